The minimum Gasteiger partial charge on any atom is -0.465 e. The van der Waals surface area contributed by atoms with Crippen LogP contribution in [0.15, 0.2) is 4.79 Å². The van der Waals surface area contributed by atoms with Crippen molar-refractivity contribution < 1.29 is 9.53 Å². The van der Waals surface area contributed by atoms with Crippen LogP contribution in [0.3, 0.4) is 0 Å². The molecule has 0 unspecified atom stereocenters. The molecule has 9 heteroatoms. The quantitative estimate of drug-likeness (QED) is 0.676. The summed E-state index contributed by atoms with van der Waals surface area (Å²) in [5.74, 6) is 0. The Morgan fingerprint density at radius 2 is 1.82 bits per heavy atom. The van der Waals surface area contributed by atoms with Gasteiger partial charge in [-0.1, -0.05) is 19.3 Å². The number of ether oxygens (including phenoxy) is 1. The number of amides is 2. The highest BCUT2D eigenvalue weighted by molar-refractivity contribution is 7.18. The van der Waals surface area contributed by atoms with Crippen molar-refractivity contribution in [3.8, 4) is 6.01 Å². The molecule has 2 fully saturated rings. The summed E-state index contributed by atoms with van der Waals surface area (Å²) in [6.45, 7) is 6.80. The zero-order valence-corrected chi connectivity index (χ0v) is 21.1. The Morgan fingerprint density at radius 3 is 2.59 bits per heavy atom. The fourth-order valence-electron chi connectivity index (χ4n) is 5.59. The van der Waals surface area contributed by atoms with Gasteiger partial charge in [0.2, 0.25) is 0 Å². The molecule has 8 nitrogen and oxygen atoms in total. The van der Waals surface area contributed by atoms with Gasteiger partial charge in [-0.25, -0.2) is 4.79 Å². The Hall–Kier alpha value is -2.13. The van der Waals surface area contributed by atoms with E-state index in [9.17, 15) is 9.59 Å². The zero-order chi connectivity index (χ0) is 23.5. The fourth-order valence-corrected chi connectivity index (χ4v) is 6.83. The molecule has 0 radical (unpaired) electrons. The summed E-state index contributed by atoms with van der Waals surface area (Å²) in [5, 5.41) is 4.04. The third-order valence-electron chi connectivity index (χ3n) is 7.55. The number of piperazine rings is 1. The van der Waals surface area contributed by atoms with E-state index < -0.39 is 0 Å². The lowest BCUT2D eigenvalue weighted by Crippen LogP contribution is -2.54. The first-order chi connectivity index (χ1) is 16.6. The van der Waals surface area contributed by atoms with Gasteiger partial charge in [0.05, 0.1) is 12.0 Å². The molecule has 5 rings (SSSR count). The molecule has 0 atom stereocenters. The second-order valence-electron chi connectivity index (χ2n) is 9.79. The van der Waals surface area contributed by atoms with Crippen molar-refractivity contribution in [2.75, 3.05) is 39.3 Å². The van der Waals surface area contributed by atoms with E-state index in [0.29, 0.717) is 25.2 Å². The highest BCUT2D eigenvalue weighted by atomic mass is 32.1. The van der Waals surface area contributed by atoms with Gasteiger partial charge in [-0.2, -0.15) is 4.98 Å². The number of thiophene rings is 1. The Labute approximate surface area is 205 Å². The molecule has 1 N–H and O–H groups in total. The van der Waals surface area contributed by atoms with Crippen LogP contribution in [-0.4, -0.2) is 70.8 Å². The second kappa shape index (κ2) is 10.6. The number of rotatable bonds is 6. The van der Waals surface area contributed by atoms with Gasteiger partial charge in [0, 0.05) is 50.2 Å². The summed E-state index contributed by atoms with van der Waals surface area (Å²) in [4.78, 5) is 37.4. The number of urea groups is 1. The molecule has 186 valence electrons. The Bertz CT molecular complexity index is 1070. The SMILES string of the molecule is CCOc1nc2sc3c(c2c(=O)n1CCN1CCN(C(=O)NC2CCCCC2)CC1)CCCC3. The topological polar surface area (TPSA) is 79.7 Å². The van der Waals surface area contributed by atoms with E-state index in [1.54, 1.807) is 15.9 Å². The Kier molecular flexibility index (Phi) is 7.39. The van der Waals surface area contributed by atoms with Gasteiger partial charge in [-0.3, -0.25) is 14.3 Å². The van der Waals surface area contributed by atoms with Crippen LogP contribution >= 0.6 is 11.3 Å². The normalized spacial score (nSPS) is 19.9. The molecule has 2 amide bonds. The van der Waals surface area contributed by atoms with Crippen LogP contribution in [0.4, 0.5) is 4.79 Å². The van der Waals surface area contributed by atoms with Crippen molar-refractivity contribution in [2.45, 2.75) is 77.3 Å². The standard InChI is InChI=1S/C25H37N5O3S/c1-2-33-25-27-22-21(19-10-6-7-11-20(19)34-22)23(31)30(25)17-14-28-12-15-29(16-13-28)24(32)26-18-8-4-3-5-9-18/h18H,2-17H2,1H3,(H,26,32). The third-order valence-corrected chi connectivity index (χ3v) is 8.73. The first-order valence-corrected chi connectivity index (χ1v) is 13.9. The van der Waals surface area contributed by atoms with Gasteiger partial charge in [0.15, 0.2) is 0 Å². The van der Waals surface area contributed by atoms with E-state index in [4.69, 9.17) is 9.72 Å². The van der Waals surface area contributed by atoms with Gasteiger partial charge in [0.1, 0.15) is 4.83 Å². The molecule has 2 aromatic rings. The second-order valence-corrected chi connectivity index (χ2v) is 10.9. The molecule has 0 bridgehead atoms. The fraction of sp³-hybridized carbons (Fsp3) is 0.720. The van der Waals surface area contributed by atoms with E-state index in [1.165, 1.54) is 36.1 Å². The van der Waals surface area contributed by atoms with Crippen LogP contribution in [-0.2, 0) is 19.4 Å². The maximum Gasteiger partial charge on any atom is 0.317 e. The number of aryl methyl sites for hydroxylation is 2. The van der Waals surface area contributed by atoms with Crippen molar-refractivity contribution in [2.24, 2.45) is 0 Å². The lowest BCUT2D eigenvalue weighted by molar-refractivity contribution is 0.132. The molecule has 0 aromatic carbocycles. The number of hydrogen-bond acceptors (Lipinski definition) is 6. The highest BCUT2D eigenvalue weighted by Crippen LogP contribution is 2.34. The molecule has 3 aliphatic rings. The number of aromatic nitrogens is 2. The predicted molar refractivity (Wildman–Crippen MR) is 135 cm³/mol. The van der Waals surface area contributed by atoms with Crippen molar-refractivity contribution in [1.82, 2.24) is 24.7 Å². The average Bonchev–Trinajstić information content (AvgIpc) is 3.23. The number of carbonyl (C=O) groups excluding carboxylic acids is 1. The third kappa shape index (κ3) is 4.96. The van der Waals surface area contributed by atoms with Crippen LogP contribution in [0.5, 0.6) is 6.01 Å². The van der Waals surface area contributed by atoms with Crippen LogP contribution in [0, 0.1) is 0 Å². The van der Waals surface area contributed by atoms with E-state index >= 15 is 0 Å². The summed E-state index contributed by atoms with van der Waals surface area (Å²) in [6.07, 6.45) is 10.3. The summed E-state index contributed by atoms with van der Waals surface area (Å²) < 4.78 is 7.53. The summed E-state index contributed by atoms with van der Waals surface area (Å²) in [5.41, 5.74) is 1.26. The van der Waals surface area contributed by atoms with Gasteiger partial charge in [-0.05, 0) is 51.0 Å². The van der Waals surface area contributed by atoms with Crippen LogP contribution in [0.1, 0.15) is 62.3 Å². The maximum absolute atomic E-state index is 13.5. The van der Waals surface area contributed by atoms with Gasteiger partial charge >= 0.3 is 12.0 Å². The molecule has 0 spiro atoms. The average molecular weight is 488 g/mol. The summed E-state index contributed by atoms with van der Waals surface area (Å²) in [6, 6.07) is 0.857. The molecule has 2 aromatic heterocycles. The molecule has 2 aliphatic carbocycles. The van der Waals surface area contributed by atoms with Crippen molar-refractivity contribution >= 4 is 27.6 Å². The predicted octanol–water partition coefficient (Wildman–Crippen LogP) is 3.40. The number of hydrogen-bond donors (Lipinski definition) is 1. The van der Waals surface area contributed by atoms with Crippen LogP contribution in [0.25, 0.3) is 10.2 Å². The smallest absolute Gasteiger partial charge is 0.317 e. The van der Waals surface area contributed by atoms with Crippen molar-refractivity contribution in [3.05, 3.63) is 20.8 Å². The first kappa shape index (κ1) is 23.6. The highest BCUT2D eigenvalue weighted by Gasteiger charge is 2.25. The zero-order valence-electron chi connectivity index (χ0n) is 20.3. The molecule has 3 heterocycles. The van der Waals surface area contributed by atoms with E-state index in [1.807, 2.05) is 11.8 Å². The lowest BCUT2D eigenvalue weighted by Gasteiger charge is -2.36. The Balaban J connectivity index is 1.22. The van der Waals surface area contributed by atoms with Gasteiger partial charge < -0.3 is 15.0 Å². The summed E-state index contributed by atoms with van der Waals surface area (Å²) >= 11 is 1.67. The van der Waals surface area contributed by atoms with Crippen molar-refractivity contribution in [1.29, 1.82) is 0 Å². The number of carbonyl (C=O) groups is 1. The molecule has 1 aliphatic heterocycles. The number of nitrogens with one attached hydrogen (secondary N) is 1. The minimum absolute atomic E-state index is 0.0401. The van der Waals surface area contributed by atoms with Gasteiger partial charge in [-0.15, -0.1) is 11.3 Å². The summed E-state index contributed by atoms with van der Waals surface area (Å²) in [7, 11) is 0. The number of nitrogens with zero attached hydrogens (tertiary/aromatic N) is 4. The monoisotopic (exact) mass is 487 g/mol. The maximum atomic E-state index is 13.5. The largest absolute Gasteiger partial charge is 0.465 e. The van der Waals surface area contributed by atoms with E-state index in [-0.39, 0.29) is 11.6 Å². The minimum atomic E-state index is 0.0401. The van der Waals surface area contributed by atoms with E-state index in [0.717, 1.165) is 75.0 Å². The van der Waals surface area contributed by atoms with Crippen LogP contribution < -0.4 is 15.6 Å². The lowest BCUT2D eigenvalue weighted by atomic mass is 9.96. The molecule has 1 saturated heterocycles. The van der Waals surface area contributed by atoms with Crippen molar-refractivity contribution in [3.63, 3.8) is 0 Å². The number of fused-ring (bicyclic) bond motifs is 3. The molecule has 1 saturated carbocycles. The van der Waals surface area contributed by atoms with Crippen LogP contribution in [0.2, 0.25) is 0 Å². The van der Waals surface area contributed by atoms with E-state index in [2.05, 4.69) is 10.2 Å². The molecular weight excluding hydrogens is 450 g/mol. The first-order valence-electron chi connectivity index (χ1n) is 13.1. The van der Waals surface area contributed by atoms with Gasteiger partial charge in [0.25, 0.3) is 5.56 Å². The molecular formula is C25H37N5O3S. The molecule has 34 heavy (non-hydrogen) atoms. The Morgan fingerprint density at radius 1 is 1.06 bits per heavy atom.